The topological polar surface area (TPSA) is 42.7 Å². The first-order valence-electron chi connectivity index (χ1n) is 6.28. The number of rotatable bonds is 4. The van der Waals surface area contributed by atoms with Gasteiger partial charge in [-0.25, -0.2) is 9.97 Å². The van der Waals surface area contributed by atoms with E-state index in [2.05, 4.69) is 35.2 Å². The number of pyridine rings is 1. The molecule has 0 aliphatic carbocycles. The highest BCUT2D eigenvalue weighted by Gasteiger charge is 2.05. The maximum Gasteiger partial charge on any atom is 0.138 e. The normalized spacial score (nSPS) is 11.2. The largest absolute Gasteiger partial charge is 0.310 e. The van der Waals surface area contributed by atoms with Gasteiger partial charge in [0.1, 0.15) is 11.6 Å². The van der Waals surface area contributed by atoms with Crippen molar-refractivity contribution in [3.63, 3.8) is 0 Å². The van der Waals surface area contributed by atoms with Gasteiger partial charge in [0.05, 0.1) is 0 Å². The van der Waals surface area contributed by atoms with Crippen molar-refractivity contribution in [1.82, 2.24) is 19.9 Å². The highest BCUT2D eigenvalue weighted by atomic mass is 15.1. The zero-order valence-electron chi connectivity index (χ0n) is 11.4. The summed E-state index contributed by atoms with van der Waals surface area (Å²) in [6, 6.07) is 4.66. The summed E-state index contributed by atoms with van der Waals surface area (Å²) in [7, 11) is 0. The third kappa shape index (κ3) is 2.76. The molecule has 0 aliphatic heterocycles. The van der Waals surface area contributed by atoms with Crippen molar-refractivity contribution in [2.24, 2.45) is 0 Å². The minimum Gasteiger partial charge on any atom is -0.310 e. The Morgan fingerprint density at radius 2 is 2.06 bits per heavy atom. The number of imidazole rings is 1. The van der Waals surface area contributed by atoms with Crippen molar-refractivity contribution in [3.05, 3.63) is 41.6 Å². The molecule has 0 aromatic carbocycles. The van der Waals surface area contributed by atoms with E-state index >= 15 is 0 Å². The second-order valence-corrected chi connectivity index (χ2v) is 4.79. The Morgan fingerprint density at radius 3 is 2.61 bits per heavy atom. The molecule has 0 radical (unpaired) electrons. The van der Waals surface area contributed by atoms with Gasteiger partial charge in [-0.1, -0.05) is 19.9 Å². The van der Waals surface area contributed by atoms with Crippen molar-refractivity contribution < 1.29 is 0 Å². The highest BCUT2D eigenvalue weighted by molar-refractivity contribution is 5.31. The molecule has 0 fully saturated rings. The first kappa shape index (κ1) is 12.8. The van der Waals surface area contributed by atoms with Crippen molar-refractivity contribution in [1.29, 1.82) is 0 Å². The Kier molecular flexibility index (Phi) is 3.77. The van der Waals surface area contributed by atoms with Gasteiger partial charge in [0.15, 0.2) is 0 Å². The van der Waals surface area contributed by atoms with Gasteiger partial charge in [-0.05, 0) is 25.5 Å². The fourth-order valence-corrected chi connectivity index (χ4v) is 1.83. The molecule has 0 atom stereocenters. The van der Waals surface area contributed by atoms with Gasteiger partial charge in [0.2, 0.25) is 0 Å². The summed E-state index contributed by atoms with van der Waals surface area (Å²) in [5.41, 5.74) is 2.30. The molecular formula is C14H20N4. The Labute approximate surface area is 108 Å². The number of hydrogen-bond donors (Lipinski definition) is 1. The number of hydrogen-bond acceptors (Lipinski definition) is 3. The average molecular weight is 244 g/mol. The van der Waals surface area contributed by atoms with Crippen molar-refractivity contribution in [2.75, 3.05) is 0 Å². The standard InChI is InChI=1S/C14H20N4/c1-10(2)16-9-13-5-6-14(17-11(13)3)18-8-7-15-12(18)4/h5-8,10,16H,9H2,1-4H3. The van der Waals surface area contributed by atoms with Crippen LogP contribution in [0.15, 0.2) is 24.5 Å². The van der Waals surface area contributed by atoms with E-state index in [1.807, 2.05) is 30.7 Å². The van der Waals surface area contributed by atoms with Crippen LogP contribution in [0.1, 0.15) is 30.9 Å². The fourth-order valence-electron chi connectivity index (χ4n) is 1.83. The lowest BCUT2D eigenvalue weighted by Gasteiger charge is -2.12. The number of nitrogens with one attached hydrogen (secondary N) is 1. The predicted octanol–water partition coefficient (Wildman–Crippen LogP) is 2.38. The number of aryl methyl sites for hydroxylation is 2. The van der Waals surface area contributed by atoms with Gasteiger partial charge in [0, 0.05) is 30.7 Å². The van der Waals surface area contributed by atoms with Crippen LogP contribution in [0, 0.1) is 13.8 Å². The maximum atomic E-state index is 4.64. The molecule has 0 spiro atoms. The van der Waals surface area contributed by atoms with E-state index in [1.165, 1.54) is 5.56 Å². The molecule has 0 aliphatic rings. The molecule has 96 valence electrons. The molecule has 2 heterocycles. The summed E-state index contributed by atoms with van der Waals surface area (Å²) < 4.78 is 1.99. The molecule has 2 aromatic heterocycles. The molecule has 4 heteroatoms. The number of aromatic nitrogens is 3. The van der Waals surface area contributed by atoms with Gasteiger partial charge in [-0.15, -0.1) is 0 Å². The van der Waals surface area contributed by atoms with Crippen LogP contribution < -0.4 is 5.32 Å². The van der Waals surface area contributed by atoms with Crippen LogP contribution in [0.2, 0.25) is 0 Å². The SMILES string of the molecule is Cc1nc(-n2ccnc2C)ccc1CNC(C)C. The lowest BCUT2D eigenvalue weighted by molar-refractivity contribution is 0.586. The van der Waals surface area contributed by atoms with Crippen molar-refractivity contribution in [3.8, 4) is 5.82 Å². The molecule has 0 amide bonds. The van der Waals surface area contributed by atoms with E-state index < -0.39 is 0 Å². The van der Waals surface area contributed by atoms with E-state index in [1.54, 1.807) is 6.20 Å². The average Bonchev–Trinajstić information content (AvgIpc) is 2.73. The minimum atomic E-state index is 0.486. The molecule has 18 heavy (non-hydrogen) atoms. The minimum absolute atomic E-state index is 0.486. The summed E-state index contributed by atoms with van der Waals surface area (Å²) in [6.07, 6.45) is 3.73. The summed E-state index contributed by atoms with van der Waals surface area (Å²) in [5, 5.41) is 3.41. The third-order valence-corrected chi connectivity index (χ3v) is 2.95. The van der Waals surface area contributed by atoms with Crippen LogP contribution in [0.25, 0.3) is 5.82 Å². The van der Waals surface area contributed by atoms with Crippen LogP contribution in [0.5, 0.6) is 0 Å². The first-order valence-corrected chi connectivity index (χ1v) is 6.28. The van der Waals surface area contributed by atoms with Crippen molar-refractivity contribution in [2.45, 2.75) is 40.3 Å². The lowest BCUT2D eigenvalue weighted by atomic mass is 10.2. The Hall–Kier alpha value is -1.68. The summed E-state index contributed by atoms with van der Waals surface area (Å²) in [5.74, 6) is 1.88. The second kappa shape index (κ2) is 5.31. The molecule has 2 rings (SSSR count). The third-order valence-electron chi connectivity index (χ3n) is 2.95. The summed E-state index contributed by atoms with van der Waals surface area (Å²) in [4.78, 5) is 8.85. The smallest absolute Gasteiger partial charge is 0.138 e. The van der Waals surface area contributed by atoms with E-state index in [-0.39, 0.29) is 0 Å². The molecule has 2 aromatic rings. The Bertz CT molecular complexity index is 528. The molecule has 0 saturated heterocycles. The first-order chi connectivity index (χ1) is 8.58. The molecule has 1 N–H and O–H groups in total. The van der Waals surface area contributed by atoms with Crippen LogP contribution in [0.4, 0.5) is 0 Å². The molecule has 0 saturated carbocycles. The lowest BCUT2D eigenvalue weighted by Crippen LogP contribution is -2.22. The fraction of sp³-hybridized carbons (Fsp3) is 0.429. The molecule has 4 nitrogen and oxygen atoms in total. The quantitative estimate of drug-likeness (QED) is 0.898. The zero-order chi connectivity index (χ0) is 13.1. The molecule has 0 bridgehead atoms. The Balaban J connectivity index is 2.22. The summed E-state index contributed by atoms with van der Waals surface area (Å²) >= 11 is 0. The van der Waals surface area contributed by atoms with E-state index in [0.29, 0.717) is 6.04 Å². The monoisotopic (exact) mass is 244 g/mol. The van der Waals surface area contributed by atoms with Crippen molar-refractivity contribution >= 4 is 0 Å². The van der Waals surface area contributed by atoms with Gasteiger partial charge >= 0.3 is 0 Å². The van der Waals surface area contributed by atoms with E-state index in [4.69, 9.17) is 0 Å². The van der Waals surface area contributed by atoms with E-state index in [9.17, 15) is 0 Å². The molecule has 0 unspecified atom stereocenters. The van der Waals surface area contributed by atoms with Gasteiger partial charge < -0.3 is 5.32 Å². The van der Waals surface area contributed by atoms with Gasteiger partial charge in [0.25, 0.3) is 0 Å². The highest BCUT2D eigenvalue weighted by Crippen LogP contribution is 2.12. The number of nitrogens with zero attached hydrogens (tertiary/aromatic N) is 3. The zero-order valence-corrected chi connectivity index (χ0v) is 11.4. The maximum absolute atomic E-state index is 4.64. The van der Waals surface area contributed by atoms with Crippen LogP contribution in [-0.4, -0.2) is 20.6 Å². The van der Waals surface area contributed by atoms with Crippen LogP contribution in [-0.2, 0) is 6.54 Å². The second-order valence-electron chi connectivity index (χ2n) is 4.79. The van der Waals surface area contributed by atoms with Gasteiger partial charge in [-0.2, -0.15) is 0 Å². The van der Waals surface area contributed by atoms with Crippen LogP contribution >= 0.6 is 0 Å². The van der Waals surface area contributed by atoms with E-state index in [0.717, 1.165) is 23.9 Å². The van der Waals surface area contributed by atoms with Gasteiger partial charge in [-0.3, -0.25) is 4.57 Å². The Morgan fingerprint density at radius 1 is 1.28 bits per heavy atom. The summed E-state index contributed by atoms with van der Waals surface area (Å²) in [6.45, 7) is 9.18. The van der Waals surface area contributed by atoms with Crippen LogP contribution in [0.3, 0.4) is 0 Å². The molecular weight excluding hydrogens is 224 g/mol. The predicted molar refractivity (Wildman–Crippen MR) is 72.8 cm³/mol.